The van der Waals surface area contributed by atoms with Crippen LogP contribution in [0.5, 0.6) is 0 Å². The van der Waals surface area contributed by atoms with Crippen LogP contribution in [0, 0.1) is 34.9 Å². The maximum atomic E-state index is 13.2. The molecule has 64 heavy (non-hydrogen) atoms. The number of rotatable bonds is 13. The molecule has 3 amide bonds. The average Bonchev–Trinajstić information content (AvgIpc) is 3.93. The molecule has 4 rings (SSSR count). The van der Waals surface area contributed by atoms with Crippen molar-refractivity contribution in [2.45, 2.75) is 123 Å². The lowest BCUT2D eigenvalue weighted by atomic mass is 10.0. The van der Waals surface area contributed by atoms with E-state index in [1.807, 2.05) is 0 Å². The minimum Gasteiger partial charge on any atom is -0.480 e. The molecule has 1 saturated heterocycles. The zero-order valence-corrected chi connectivity index (χ0v) is 37.6. The number of amides is 3. The number of Topliss-reactive ketones (excluding diaryl/α,β-unsaturated/α-hetero) is 1. The normalized spacial score (nSPS) is 14.7. The molecule has 4 atom stereocenters. The topological polar surface area (TPSA) is 182 Å². The summed E-state index contributed by atoms with van der Waals surface area (Å²) in [6, 6.07) is 6.17. The van der Waals surface area contributed by atoms with E-state index in [0.717, 1.165) is 36.4 Å². The van der Waals surface area contributed by atoms with Gasteiger partial charge >= 0.3 is 24.2 Å². The molecule has 1 fully saturated rings. The number of halogens is 7. The van der Waals surface area contributed by atoms with Gasteiger partial charge in [-0.25, -0.2) is 45.5 Å². The summed E-state index contributed by atoms with van der Waals surface area (Å²) in [7, 11) is 0. The smallest absolute Gasteiger partial charge is 0.408 e. The van der Waals surface area contributed by atoms with Crippen LogP contribution in [0.4, 0.5) is 40.7 Å². The summed E-state index contributed by atoms with van der Waals surface area (Å²) in [6.45, 7) is 15.7. The van der Waals surface area contributed by atoms with E-state index >= 15 is 0 Å². The van der Waals surface area contributed by atoms with E-state index in [4.69, 9.17) is 35.7 Å². The van der Waals surface area contributed by atoms with Crippen LogP contribution in [0.2, 0.25) is 0 Å². The Labute approximate surface area is 372 Å². The fraction of sp³-hybridized carbons (Fsp3) is 0.477. The zero-order chi connectivity index (χ0) is 48.7. The third kappa shape index (κ3) is 23.2. The van der Waals surface area contributed by atoms with Crippen molar-refractivity contribution in [2.75, 3.05) is 12.5 Å². The molecule has 354 valence electrons. The monoisotopic (exact) mass is 933 g/mol. The van der Waals surface area contributed by atoms with Crippen LogP contribution in [0.1, 0.15) is 79.0 Å². The molecule has 0 aromatic heterocycles. The summed E-state index contributed by atoms with van der Waals surface area (Å²) in [4.78, 5) is 58.0. The van der Waals surface area contributed by atoms with Gasteiger partial charge in [0.2, 0.25) is 0 Å². The van der Waals surface area contributed by atoms with Crippen LogP contribution in [-0.2, 0) is 47.8 Å². The van der Waals surface area contributed by atoms with E-state index < -0.39 is 93.8 Å². The highest BCUT2D eigenvalue weighted by molar-refractivity contribution is 6.28. The number of ether oxygens (including phenoxy) is 4. The molecule has 13 nitrogen and oxygen atoms in total. The first kappa shape index (κ1) is 54.6. The lowest BCUT2D eigenvalue weighted by Gasteiger charge is -2.23. The van der Waals surface area contributed by atoms with E-state index in [-0.39, 0.29) is 48.4 Å². The quantitative estimate of drug-likeness (QED) is 0.0562. The molecule has 1 aliphatic rings. The fourth-order valence-electron chi connectivity index (χ4n) is 5.37. The van der Waals surface area contributed by atoms with Crippen molar-refractivity contribution >= 4 is 41.6 Å². The summed E-state index contributed by atoms with van der Waals surface area (Å²) in [5.74, 6) is -6.57. The molecule has 0 spiro atoms. The Balaban J connectivity index is 0.000000330. The van der Waals surface area contributed by atoms with Crippen LogP contribution >= 0.6 is 11.6 Å². The Morgan fingerprint density at radius 3 is 1.17 bits per heavy atom. The second-order valence-corrected chi connectivity index (χ2v) is 17.7. The van der Waals surface area contributed by atoms with E-state index in [0.29, 0.717) is 18.2 Å². The van der Waals surface area contributed by atoms with Crippen molar-refractivity contribution in [1.29, 1.82) is 0 Å². The van der Waals surface area contributed by atoms with Gasteiger partial charge in [-0.1, -0.05) is 0 Å². The molecule has 1 heterocycles. The van der Waals surface area contributed by atoms with Crippen LogP contribution in [0.15, 0.2) is 54.6 Å². The Kier molecular flexibility index (Phi) is 20.4. The van der Waals surface area contributed by atoms with Crippen LogP contribution in [-0.4, -0.2) is 88.7 Å². The lowest BCUT2D eigenvalue weighted by molar-refractivity contribution is -0.139. The predicted molar refractivity (Wildman–Crippen MR) is 223 cm³/mol. The predicted octanol–water partition coefficient (Wildman–Crippen LogP) is 8.49. The van der Waals surface area contributed by atoms with Gasteiger partial charge in [0.25, 0.3) is 0 Å². The summed E-state index contributed by atoms with van der Waals surface area (Å²) in [6.07, 6.45) is -2.50. The van der Waals surface area contributed by atoms with Crippen molar-refractivity contribution in [1.82, 2.24) is 16.0 Å². The van der Waals surface area contributed by atoms with Crippen LogP contribution in [0.3, 0.4) is 0 Å². The number of alkyl carbamates (subject to hydrolysis) is 3. The molecule has 0 saturated carbocycles. The molecule has 3 aromatic carbocycles. The Hall–Kier alpha value is -5.56. The number of hydrogen-bond donors (Lipinski definition) is 4. The molecule has 20 heteroatoms. The summed E-state index contributed by atoms with van der Waals surface area (Å²) in [5.41, 5.74) is -1.30. The second-order valence-electron chi connectivity index (χ2n) is 17.4. The zero-order valence-electron chi connectivity index (χ0n) is 36.8. The lowest BCUT2D eigenvalue weighted by Crippen LogP contribution is -2.45. The summed E-state index contributed by atoms with van der Waals surface area (Å²) >= 11 is 5.50. The number of hydrogen-bond acceptors (Lipinski definition) is 9. The molecule has 4 N–H and O–H groups in total. The van der Waals surface area contributed by atoms with Gasteiger partial charge in [-0.3, -0.25) is 4.79 Å². The van der Waals surface area contributed by atoms with Gasteiger partial charge in [-0.2, -0.15) is 0 Å². The van der Waals surface area contributed by atoms with Gasteiger partial charge in [-0.15, -0.1) is 11.6 Å². The number of ketones is 1. The Morgan fingerprint density at radius 2 is 0.875 bits per heavy atom. The highest BCUT2D eigenvalue weighted by atomic mass is 35.5. The second kappa shape index (κ2) is 23.9. The molecule has 0 radical (unpaired) electrons. The summed E-state index contributed by atoms with van der Waals surface area (Å²) < 4.78 is 99.2. The van der Waals surface area contributed by atoms with Crippen LogP contribution in [0.25, 0.3) is 0 Å². The average molecular weight is 934 g/mol. The maximum Gasteiger partial charge on any atom is 0.408 e. The van der Waals surface area contributed by atoms with Gasteiger partial charge in [-0.05, 0) is 122 Å². The molecular formula is C44H54ClF6N3O10. The molecule has 0 aliphatic carbocycles. The number of carbonyl (C=O) groups excluding carboxylic acids is 4. The van der Waals surface area contributed by atoms with Crippen molar-refractivity contribution < 1.29 is 74.4 Å². The number of benzene rings is 3. The number of carboxylic acid groups (broad SMARTS) is 1. The maximum absolute atomic E-state index is 13.2. The van der Waals surface area contributed by atoms with Gasteiger partial charge in [0.15, 0.2) is 5.78 Å². The number of carboxylic acids is 1. The van der Waals surface area contributed by atoms with E-state index in [1.54, 1.807) is 62.3 Å². The van der Waals surface area contributed by atoms with Crippen molar-refractivity contribution in [2.24, 2.45) is 0 Å². The van der Waals surface area contributed by atoms with Crippen molar-refractivity contribution in [3.63, 3.8) is 0 Å². The Bertz CT molecular complexity index is 2030. The minimum atomic E-state index is -1.35. The molecule has 0 unspecified atom stereocenters. The van der Waals surface area contributed by atoms with E-state index in [9.17, 15) is 50.3 Å². The van der Waals surface area contributed by atoms with Gasteiger partial charge < -0.3 is 40.0 Å². The first-order chi connectivity index (χ1) is 29.4. The number of aliphatic carboxylic acids is 1. The van der Waals surface area contributed by atoms with Crippen molar-refractivity contribution in [3.05, 3.63) is 106 Å². The fourth-order valence-corrected chi connectivity index (χ4v) is 5.56. The first-order valence-corrected chi connectivity index (χ1v) is 20.2. The summed E-state index contributed by atoms with van der Waals surface area (Å²) in [5, 5.41) is 16.3. The molecule has 3 aromatic rings. The number of carbonyl (C=O) groups is 5. The van der Waals surface area contributed by atoms with Gasteiger partial charge in [0, 0.05) is 31.0 Å². The number of epoxide rings is 1. The third-order valence-electron chi connectivity index (χ3n) is 7.81. The minimum absolute atomic E-state index is 0.0839. The first-order valence-electron chi connectivity index (χ1n) is 19.7. The van der Waals surface area contributed by atoms with Crippen molar-refractivity contribution in [3.8, 4) is 0 Å². The molecule has 0 bridgehead atoms. The van der Waals surface area contributed by atoms with Gasteiger partial charge in [0.1, 0.15) is 63.9 Å². The largest absolute Gasteiger partial charge is 0.480 e. The van der Waals surface area contributed by atoms with E-state index in [1.165, 1.54) is 12.1 Å². The standard InChI is InChI=1S/C15H18ClF2NO3.C15H19F2NO3.C14H17F2NO4/c1-15(2,3)22-14(21)19-12(13(20)8-16)6-9-4-10(17)7-11(18)5-9;1-15(2,3)21-14(19)18-12(13-8-20-13)6-9-4-10(16)7-11(17)5-9;1-14(2,3)21-13(20)17-11(12(18)19)6-8-4-9(15)7-10(16)5-8/h4-5,7,12H,6,8H2,1-3H3,(H,19,21);4-5,7,12-13H,6,8H2,1-3H3,(H,18,19);4-5,7,11H,6H2,1-3H3,(H,17,20)(H,18,19)/t12-;12-,13+;11-/m000/s1. The number of nitrogens with one attached hydrogen (secondary N) is 3. The SMILES string of the molecule is CC(C)(C)OC(=O)N[C@@H](Cc1cc(F)cc(F)c1)C(=O)CCl.CC(C)(C)OC(=O)N[C@@H](Cc1cc(F)cc(F)c1)C(=O)O.CC(C)(C)OC(=O)N[C@@H](Cc1cc(F)cc(F)c1)[C@H]1CO1. The highest BCUT2D eigenvalue weighted by Crippen LogP contribution is 2.21. The molecular weight excluding hydrogens is 880 g/mol. The molecule has 1 aliphatic heterocycles. The number of alkyl halides is 1. The highest BCUT2D eigenvalue weighted by Gasteiger charge is 2.35. The Morgan fingerprint density at radius 1 is 0.578 bits per heavy atom. The van der Waals surface area contributed by atoms with E-state index in [2.05, 4.69) is 16.0 Å². The van der Waals surface area contributed by atoms with Crippen LogP contribution < -0.4 is 16.0 Å². The van der Waals surface area contributed by atoms with Gasteiger partial charge in [0.05, 0.1) is 24.6 Å². The third-order valence-corrected chi connectivity index (χ3v) is 8.08.